The summed E-state index contributed by atoms with van der Waals surface area (Å²) in [7, 11) is 0. The first-order valence-corrected chi connectivity index (χ1v) is 10.3. The number of ether oxygens (including phenoxy) is 1. The van der Waals surface area contributed by atoms with E-state index in [9.17, 15) is 14.4 Å². The number of nitrogens with one attached hydrogen (secondary N) is 2. The lowest BCUT2D eigenvalue weighted by Crippen LogP contribution is -2.50. The lowest BCUT2D eigenvalue weighted by molar-refractivity contribution is -0.137. The van der Waals surface area contributed by atoms with Crippen LogP contribution in [-0.2, 0) is 9.59 Å². The molecule has 30 heavy (non-hydrogen) atoms. The summed E-state index contributed by atoms with van der Waals surface area (Å²) in [5.74, 6) is 0.656. The minimum Gasteiger partial charge on any atom is -0.457 e. The van der Waals surface area contributed by atoms with E-state index in [4.69, 9.17) is 4.74 Å². The maximum absolute atomic E-state index is 13.0. The van der Waals surface area contributed by atoms with Gasteiger partial charge in [0.1, 0.15) is 23.1 Å². The van der Waals surface area contributed by atoms with Gasteiger partial charge in [0.15, 0.2) is 0 Å². The molecule has 1 aliphatic heterocycles. The van der Waals surface area contributed by atoms with Crippen LogP contribution >= 0.6 is 0 Å². The van der Waals surface area contributed by atoms with Gasteiger partial charge in [-0.1, -0.05) is 37.5 Å². The molecule has 1 spiro atoms. The molecule has 2 aromatic rings. The first kappa shape index (κ1) is 19.9. The van der Waals surface area contributed by atoms with E-state index in [1.165, 1.54) is 0 Å². The molecule has 1 atom stereocenters. The van der Waals surface area contributed by atoms with E-state index in [-0.39, 0.29) is 5.91 Å². The fourth-order valence-corrected chi connectivity index (χ4v) is 4.08. The topological polar surface area (TPSA) is 87.7 Å². The highest BCUT2D eigenvalue weighted by molar-refractivity contribution is 6.11. The maximum atomic E-state index is 13.0. The number of benzene rings is 2. The second-order valence-electron chi connectivity index (χ2n) is 7.85. The predicted molar refractivity (Wildman–Crippen MR) is 112 cm³/mol. The highest BCUT2D eigenvalue weighted by Gasteiger charge is 2.53. The number of urea groups is 1. The van der Waals surface area contributed by atoms with Crippen molar-refractivity contribution < 1.29 is 19.1 Å². The third-order valence-corrected chi connectivity index (χ3v) is 5.77. The Labute approximate surface area is 175 Å². The Morgan fingerprint density at radius 1 is 1.00 bits per heavy atom. The summed E-state index contributed by atoms with van der Waals surface area (Å²) in [6.07, 6.45) is 4.12. The van der Waals surface area contributed by atoms with Crippen LogP contribution in [0.25, 0.3) is 0 Å². The van der Waals surface area contributed by atoms with Crippen LogP contribution in [0.3, 0.4) is 0 Å². The third kappa shape index (κ3) is 3.87. The summed E-state index contributed by atoms with van der Waals surface area (Å²) in [6, 6.07) is 14.9. The number of para-hydroxylation sites is 1. The van der Waals surface area contributed by atoms with E-state index in [2.05, 4.69) is 10.6 Å². The molecule has 2 N–H and O–H groups in total. The van der Waals surface area contributed by atoms with Gasteiger partial charge in [0.05, 0.1) is 0 Å². The first-order chi connectivity index (χ1) is 14.5. The molecule has 4 rings (SSSR count). The molecule has 0 bridgehead atoms. The smallest absolute Gasteiger partial charge is 0.325 e. The predicted octanol–water partition coefficient (Wildman–Crippen LogP) is 4.06. The first-order valence-electron chi connectivity index (χ1n) is 10.3. The molecule has 0 radical (unpaired) electrons. The zero-order chi connectivity index (χ0) is 21.1. The molecule has 0 aromatic heterocycles. The molecule has 2 fully saturated rings. The van der Waals surface area contributed by atoms with Crippen LogP contribution in [-0.4, -0.2) is 34.3 Å². The standard InChI is InChI=1S/C23H25N3O4/c1-16(26-21(28)23(25-22(26)29)14-6-3-7-15-23)20(27)24-17-10-12-19(13-11-17)30-18-8-4-2-5-9-18/h2,4-5,8-13,16H,3,6-7,14-15H2,1H3,(H,24,27)(H,25,29)/t16-/m1/s1. The van der Waals surface area contributed by atoms with E-state index in [0.717, 1.165) is 29.9 Å². The van der Waals surface area contributed by atoms with Crippen LogP contribution in [0.2, 0.25) is 0 Å². The molecule has 7 heteroatoms. The van der Waals surface area contributed by atoms with Gasteiger partial charge in [0.25, 0.3) is 5.91 Å². The third-order valence-electron chi connectivity index (χ3n) is 5.77. The van der Waals surface area contributed by atoms with Crippen molar-refractivity contribution in [3.05, 3.63) is 54.6 Å². The summed E-state index contributed by atoms with van der Waals surface area (Å²) in [4.78, 5) is 39.2. The minimum absolute atomic E-state index is 0.290. The lowest BCUT2D eigenvalue weighted by atomic mass is 9.81. The largest absolute Gasteiger partial charge is 0.457 e. The SMILES string of the molecule is C[C@H](C(=O)Nc1ccc(Oc2ccccc2)cc1)N1C(=O)NC2(CCCCC2)C1=O. The van der Waals surface area contributed by atoms with Crippen molar-refractivity contribution in [2.75, 3.05) is 5.32 Å². The fraction of sp³-hybridized carbons (Fsp3) is 0.348. The van der Waals surface area contributed by atoms with Crippen molar-refractivity contribution >= 4 is 23.5 Å². The van der Waals surface area contributed by atoms with Crippen LogP contribution in [0, 0.1) is 0 Å². The Morgan fingerprint density at radius 3 is 2.30 bits per heavy atom. The Balaban J connectivity index is 1.40. The molecule has 1 aliphatic carbocycles. The molecule has 4 amide bonds. The van der Waals surface area contributed by atoms with E-state index in [1.807, 2.05) is 30.3 Å². The van der Waals surface area contributed by atoms with E-state index >= 15 is 0 Å². The van der Waals surface area contributed by atoms with Gasteiger partial charge in [-0.3, -0.25) is 9.59 Å². The van der Waals surface area contributed by atoms with Crippen molar-refractivity contribution in [1.29, 1.82) is 0 Å². The van der Waals surface area contributed by atoms with Gasteiger partial charge in [-0.05, 0) is 56.2 Å². The molecule has 1 saturated heterocycles. The Kier molecular flexibility index (Phi) is 5.44. The molecular formula is C23H25N3O4. The van der Waals surface area contributed by atoms with Crippen LogP contribution in [0.5, 0.6) is 11.5 Å². The number of hydrogen-bond donors (Lipinski definition) is 2. The monoisotopic (exact) mass is 407 g/mol. The Hall–Kier alpha value is -3.35. The van der Waals surface area contributed by atoms with Crippen molar-refractivity contribution in [3.8, 4) is 11.5 Å². The van der Waals surface area contributed by atoms with Gasteiger partial charge in [0, 0.05) is 5.69 Å². The van der Waals surface area contributed by atoms with Crippen molar-refractivity contribution in [2.45, 2.75) is 50.6 Å². The number of carbonyl (C=O) groups is 3. The molecule has 156 valence electrons. The van der Waals surface area contributed by atoms with Crippen LogP contribution < -0.4 is 15.4 Å². The zero-order valence-electron chi connectivity index (χ0n) is 16.9. The Bertz CT molecular complexity index is 937. The van der Waals surface area contributed by atoms with E-state index < -0.39 is 23.5 Å². The van der Waals surface area contributed by atoms with Crippen molar-refractivity contribution in [3.63, 3.8) is 0 Å². The molecule has 7 nitrogen and oxygen atoms in total. The second-order valence-corrected chi connectivity index (χ2v) is 7.85. The number of nitrogens with zero attached hydrogens (tertiary/aromatic N) is 1. The average Bonchev–Trinajstić information content (AvgIpc) is 2.99. The number of anilines is 1. The lowest BCUT2D eigenvalue weighted by Gasteiger charge is -2.31. The van der Waals surface area contributed by atoms with Crippen LogP contribution in [0.1, 0.15) is 39.0 Å². The molecule has 1 saturated carbocycles. The van der Waals surface area contributed by atoms with Gasteiger partial charge in [0.2, 0.25) is 5.91 Å². The van der Waals surface area contributed by atoms with Gasteiger partial charge in [-0.15, -0.1) is 0 Å². The summed E-state index contributed by atoms with van der Waals surface area (Å²) in [5, 5.41) is 5.61. The number of carbonyl (C=O) groups excluding carboxylic acids is 3. The van der Waals surface area contributed by atoms with E-state index in [0.29, 0.717) is 24.3 Å². The quantitative estimate of drug-likeness (QED) is 0.732. The molecule has 0 unspecified atom stereocenters. The average molecular weight is 407 g/mol. The molecule has 2 aliphatic rings. The van der Waals surface area contributed by atoms with Gasteiger partial charge < -0.3 is 15.4 Å². The summed E-state index contributed by atoms with van der Waals surface area (Å²) < 4.78 is 5.74. The maximum Gasteiger partial charge on any atom is 0.325 e. The fourth-order valence-electron chi connectivity index (χ4n) is 4.08. The van der Waals surface area contributed by atoms with Crippen molar-refractivity contribution in [1.82, 2.24) is 10.2 Å². The number of hydrogen-bond acceptors (Lipinski definition) is 4. The summed E-state index contributed by atoms with van der Waals surface area (Å²) in [5.41, 5.74) is -0.271. The second kappa shape index (κ2) is 8.18. The Morgan fingerprint density at radius 2 is 1.63 bits per heavy atom. The van der Waals surface area contributed by atoms with Gasteiger partial charge in [-0.25, -0.2) is 9.69 Å². The van der Waals surface area contributed by atoms with Gasteiger partial charge >= 0.3 is 6.03 Å². The van der Waals surface area contributed by atoms with Crippen LogP contribution in [0.15, 0.2) is 54.6 Å². The van der Waals surface area contributed by atoms with Crippen LogP contribution in [0.4, 0.5) is 10.5 Å². The van der Waals surface area contributed by atoms with Gasteiger partial charge in [-0.2, -0.15) is 0 Å². The summed E-state index contributed by atoms with van der Waals surface area (Å²) >= 11 is 0. The normalized spacial score (nSPS) is 18.8. The van der Waals surface area contributed by atoms with E-state index in [1.54, 1.807) is 31.2 Å². The highest BCUT2D eigenvalue weighted by atomic mass is 16.5. The molecule has 1 heterocycles. The number of imide groups is 1. The minimum atomic E-state index is -0.904. The number of rotatable bonds is 5. The highest BCUT2D eigenvalue weighted by Crippen LogP contribution is 2.34. The zero-order valence-corrected chi connectivity index (χ0v) is 16.9. The molecule has 2 aromatic carbocycles. The molecular weight excluding hydrogens is 382 g/mol. The van der Waals surface area contributed by atoms with Crippen molar-refractivity contribution in [2.24, 2.45) is 0 Å². The number of amides is 4. The summed E-state index contributed by atoms with van der Waals surface area (Å²) in [6.45, 7) is 1.57.